The van der Waals surface area contributed by atoms with Gasteiger partial charge in [-0.05, 0) is 43.3 Å². The van der Waals surface area contributed by atoms with Crippen molar-refractivity contribution in [3.63, 3.8) is 0 Å². The molecule has 2 saturated heterocycles. The van der Waals surface area contributed by atoms with Crippen LogP contribution in [-0.4, -0.2) is 60.0 Å². The lowest BCUT2D eigenvalue weighted by Gasteiger charge is -2.52. The predicted octanol–water partition coefficient (Wildman–Crippen LogP) is 4.62. The van der Waals surface area contributed by atoms with E-state index < -0.39 is 0 Å². The molecule has 0 amide bonds. The highest BCUT2D eigenvalue weighted by Crippen LogP contribution is 2.40. The van der Waals surface area contributed by atoms with Crippen LogP contribution < -0.4 is 5.32 Å². The van der Waals surface area contributed by atoms with E-state index in [4.69, 9.17) is 9.72 Å². The highest BCUT2D eigenvalue weighted by Gasteiger charge is 2.42. The Morgan fingerprint density at radius 3 is 2.56 bits per heavy atom. The lowest BCUT2D eigenvalue weighted by atomic mass is 9.72. The molecule has 184 valence electrons. The topological polar surface area (TPSA) is 54.7 Å². The first-order valence-corrected chi connectivity index (χ1v) is 13.3. The second-order valence-electron chi connectivity index (χ2n) is 10.7. The van der Waals surface area contributed by atoms with Gasteiger partial charge in [-0.3, -0.25) is 9.89 Å². The van der Waals surface area contributed by atoms with Gasteiger partial charge in [-0.25, -0.2) is 4.98 Å². The molecule has 36 heavy (non-hydrogen) atoms. The van der Waals surface area contributed by atoms with E-state index in [1.807, 2.05) is 6.21 Å². The van der Waals surface area contributed by atoms with E-state index >= 15 is 0 Å². The van der Waals surface area contributed by atoms with Gasteiger partial charge in [0.25, 0.3) is 0 Å². The summed E-state index contributed by atoms with van der Waals surface area (Å²) in [5.41, 5.74) is 7.72. The van der Waals surface area contributed by atoms with Crippen LogP contribution in [0.3, 0.4) is 0 Å². The number of allylic oxidation sites excluding steroid dienone is 1. The number of piperidine rings is 1. The molecule has 0 unspecified atom stereocenters. The third-order valence-corrected chi connectivity index (χ3v) is 8.27. The van der Waals surface area contributed by atoms with Gasteiger partial charge in [0.2, 0.25) is 0 Å². The van der Waals surface area contributed by atoms with Crippen LogP contribution in [0.4, 0.5) is 0 Å². The Hall–Kier alpha value is -3.22. The van der Waals surface area contributed by atoms with Crippen LogP contribution >= 0.6 is 0 Å². The number of likely N-dealkylation sites (tertiary alicyclic amines) is 1. The van der Waals surface area contributed by atoms with Gasteiger partial charge < -0.3 is 14.6 Å². The molecule has 0 saturated carbocycles. The molecule has 6 nitrogen and oxygen atoms in total. The molecule has 5 heterocycles. The van der Waals surface area contributed by atoms with E-state index in [2.05, 4.69) is 74.4 Å². The van der Waals surface area contributed by atoms with Gasteiger partial charge in [-0.1, -0.05) is 54.6 Å². The van der Waals surface area contributed by atoms with Crippen molar-refractivity contribution in [1.82, 2.24) is 19.8 Å². The summed E-state index contributed by atoms with van der Waals surface area (Å²) in [5, 5.41) is 3.51. The number of nitrogens with one attached hydrogen (secondary N) is 1. The Balaban J connectivity index is 1.21. The molecule has 0 radical (unpaired) electrons. The summed E-state index contributed by atoms with van der Waals surface area (Å²) in [4.78, 5) is 12.3. The van der Waals surface area contributed by atoms with Crippen LogP contribution in [0, 0.1) is 5.41 Å². The van der Waals surface area contributed by atoms with Gasteiger partial charge in [0.15, 0.2) is 0 Å². The highest BCUT2D eigenvalue weighted by atomic mass is 16.5. The smallest absolute Gasteiger partial charge is 0.144 e. The molecule has 6 heteroatoms. The zero-order chi connectivity index (χ0) is 24.0. The van der Waals surface area contributed by atoms with Crippen molar-refractivity contribution in [2.24, 2.45) is 10.4 Å². The molecule has 1 aromatic heterocycles. The van der Waals surface area contributed by atoms with Gasteiger partial charge in [-0.2, -0.15) is 0 Å². The van der Waals surface area contributed by atoms with Crippen molar-refractivity contribution < 1.29 is 4.74 Å². The van der Waals surface area contributed by atoms with Gasteiger partial charge in [0, 0.05) is 42.9 Å². The number of nitrogens with zero attached hydrogens (tertiary/aromatic N) is 4. The maximum Gasteiger partial charge on any atom is 0.144 e. The minimum Gasteiger partial charge on any atom is -0.490 e. The molecular weight excluding hydrogens is 446 g/mol. The first kappa shape index (κ1) is 22.0. The summed E-state index contributed by atoms with van der Waals surface area (Å²) in [6.07, 6.45) is 5.39. The number of benzene rings is 2. The van der Waals surface area contributed by atoms with E-state index in [-0.39, 0.29) is 0 Å². The molecule has 0 bridgehead atoms. The summed E-state index contributed by atoms with van der Waals surface area (Å²) >= 11 is 0. The Morgan fingerprint density at radius 1 is 0.944 bits per heavy atom. The molecule has 2 aromatic carbocycles. The van der Waals surface area contributed by atoms with E-state index in [0.717, 1.165) is 43.3 Å². The van der Waals surface area contributed by atoms with Crippen LogP contribution in [0.2, 0.25) is 0 Å². The third-order valence-electron chi connectivity index (χ3n) is 8.27. The molecule has 2 fully saturated rings. The zero-order valence-corrected chi connectivity index (χ0v) is 20.7. The molecule has 3 aromatic rings. The Bertz CT molecular complexity index is 1310. The van der Waals surface area contributed by atoms with Crippen molar-refractivity contribution >= 4 is 11.8 Å². The fourth-order valence-electron chi connectivity index (χ4n) is 6.42. The van der Waals surface area contributed by atoms with Gasteiger partial charge in [-0.15, -0.1) is 0 Å². The number of hydrogen-bond acceptors (Lipinski definition) is 5. The van der Waals surface area contributed by atoms with E-state index in [0.29, 0.717) is 12.0 Å². The van der Waals surface area contributed by atoms with Crippen LogP contribution in [0.25, 0.3) is 28.1 Å². The average Bonchev–Trinajstić information content (AvgIpc) is 3.19. The fourth-order valence-corrected chi connectivity index (χ4v) is 6.42. The van der Waals surface area contributed by atoms with Crippen molar-refractivity contribution in [2.45, 2.75) is 32.4 Å². The quantitative estimate of drug-likeness (QED) is 0.593. The van der Waals surface area contributed by atoms with Crippen molar-refractivity contribution in [3.05, 3.63) is 71.7 Å². The number of aliphatic imine (C=N–C) groups is 1. The summed E-state index contributed by atoms with van der Waals surface area (Å²) in [7, 11) is 0. The van der Waals surface area contributed by atoms with Crippen LogP contribution in [0.5, 0.6) is 0 Å². The summed E-state index contributed by atoms with van der Waals surface area (Å²) in [5.74, 6) is 1.91. The van der Waals surface area contributed by atoms with E-state index in [1.165, 1.54) is 67.0 Å². The summed E-state index contributed by atoms with van der Waals surface area (Å²) in [6, 6.07) is 19.8. The maximum absolute atomic E-state index is 6.06. The number of dihydropyridines is 1. The molecule has 4 aliphatic heterocycles. The minimum atomic E-state index is 0.574. The van der Waals surface area contributed by atoms with Gasteiger partial charge in [0.1, 0.15) is 18.2 Å². The molecular formula is C30H33N5O. The molecule has 4 aliphatic rings. The monoisotopic (exact) mass is 479 g/mol. The molecule has 1 N–H and O–H groups in total. The van der Waals surface area contributed by atoms with Crippen molar-refractivity contribution in [2.75, 3.05) is 39.3 Å². The standard InChI is InChI=1S/C30H33N5O/c1-2-4-24(5-3-1)28-27(33-29-25-10-13-32-18-26(25)36-17-16-35(28)29)23-8-6-22(7-9-23)19-34-20-30(21-34)11-14-31-15-12-30/h1-9,18,31H,10-17,19-21H2. The van der Waals surface area contributed by atoms with Gasteiger partial charge >= 0.3 is 0 Å². The van der Waals surface area contributed by atoms with E-state index in [1.54, 1.807) is 0 Å². The fraction of sp³-hybridized carbons (Fsp3) is 0.400. The Labute approximate surface area is 212 Å². The molecule has 1 spiro atoms. The summed E-state index contributed by atoms with van der Waals surface area (Å²) in [6.45, 7) is 8.06. The van der Waals surface area contributed by atoms with Crippen LogP contribution in [-0.2, 0) is 17.8 Å². The predicted molar refractivity (Wildman–Crippen MR) is 144 cm³/mol. The number of fused-ring (bicyclic) bond motifs is 2. The Morgan fingerprint density at radius 2 is 1.75 bits per heavy atom. The number of ether oxygens (including phenoxy) is 1. The number of rotatable bonds is 4. The minimum absolute atomic E-state index is 0.574. The van der Waals surface area contributed by atoms with Crippen molar-refractivity contribution in [1.29, 1.82) is 0 Å². The summed E-state index contributed by atoms with van der Waals surface area (Å²) < 4.78 is 8.42. The van der Waals surface area contributed by atoms with E-state index in [9.17, 15) is 0 Å². The lowest BCUT2D eigenvalue weighted by Crippen LogP contribution is -2.59. The largest absolute Gasteiger partial charge is 0.490 e. The SMILES string of the molecule is C1=NCCC2=C1OCCn1c2nc(-c2ccc(CN3CC4(CCNCC4)C3)cc2)c1-c1ccccc1. The average molecular weight is 480 g/mol. The second kappa shape index (κ2) is 9.02. The number of aromatic nitrogens is 2. The normalized spacial score (nSPS) is 20.9. The van der Waals surface area contributed by atoms with Crippen molar-refractivity contribution in [3.8, 4) is 22.5 Å². The third kappa shape index (κ3) is 3.89. The number of imidazole rings is 1. The Kier molecular flexibility index (Phi) is 5.51. The zero-order valence-electron chi connectivity index (χ0n) is 20.7. The van der Waals surface area contributed by atoms with Crippen LogP contribution in [0.1, 0.15) is 30.7 Å². The number of hydrogen-bond donors (Lipinski definition) is 1. The molecule has 0 atom stereocenters. The van der Waals surface area contributed by atoms with Crippen LogP contribution in [0.15, 0.2) is 65.3 Å². The first-order valence-electron chi connectivity index (χ1n) is 13.3. The lowest BCUT2D eigenvalue weighted by molar-refractivity contribution is -0.0282. The molecule has 0 aliphatic carbocycles. The maximum atomic E-state index is 6.06. The van der Waals surface area contributed by atoms with Gasteiger partial charge in [0.05, 0.1) is 24.1 Å². The first-order chi connectivity index (χ1) is 17.8. The second-order valence-corrected chi connectivity index (χ2v) is 10.7. The molecule has 7 rings (SSSR count). The highest BCUT2D eigenvalue weighted by molar-refractivity contribution is 5.91.